The summed E-state index contributed by atoms with van der Waals surface area (Å²) in [5, 5.41) is 11.9. The van der Waals surface area contributed by atoms with Crippen molar-refractivity contribution in [1.82, 2.24) is 14.8 Å². The SMILES string of the molecule is CCOc1ccc(-n2c(SCc3ccc(Br)cc3)nnc2-c2cccs2)cc1. The molecule has 2 heterocycles. The number of hydrogen-bond acceptors (Lipinski definition) is 5. The molecule has 0 aliphatic carbocycles. The lowest BCUT2D eigenvalue weighted by molar-refractivity contribution is 0.340. The molecule has 4 aromatic rings. The van der Waals surface area contributed by atoms with Gasteiger partial charge in [0.2, 0.25) is 0 Å². The molecule has 28 heavy (non-hydrogen) atoms. The first kappa shape index (κ1) is 19.2. The summed E-state index contributed by atoms with van der Waals surface area (Å²) in [6, 6.07) is 20.5. The molecule has 0 saturated heterocycles. The van der Waals surface area contributed by atoms with Gasteiger partial charge >= 0.3 is 0 Å². The number of benzene rings is 2. The molecular weight excluding hydrogens is 454 g/mol. The van der Waals surface area contributed by atoms with Crippen LogP contribution >= 0.6 is 39.0 Å². The molecule has 2 aromatic heterocycles. The van der Waals surface area contributed by atoms with Gasteiger partial charge in [-0.1, -0.05) is 45.9 Å². The van der Waals surface area contributed by atoms with Crippen molar-refractivity contribution >= 4 is 39.0 Å². The predicted octanol–water partition coefficient (Wildman–Crippen LogP) is 6.45. The first-order valence-corrected chi connectivity index (χ1v) is 11.5. The second-order valence-electron chi connectivity index (χ2n) is 5.96. The molecule has 7 heteroatoms. The van der Waals surface area contributed by atoms with Gasteiger partial charge in [-0.05, 0) is 60.3 Å². The Labute approximate surface area is 180 Å². The quantitative estimate of drug-likeness (QED) is 0.290. The van der Waals surface area contributed by atoms with Crippen LogP contribution in [0, 0.1) is 0 Å². The van der Waals surface area contributed by atoms with Gasteiger partial charge in [0.05, 0.1) is 17.2 Å². The fourth-order valence-electron chi connectivity index (χ4n) is 2.75. The summed E-state index contributed by atoms with van der Waals surface area (Å²) in [6.07, 6.45) is 0. The zero-order valence-corrected chi connectivity index (χ0v) is 18.4. The zero-order valence-electron chi connectivity index (χ0n) is 15.2. The number of nitrogens with zero attached hydrogens (tertiary/aromatic N) is 3. The van der Waals surface area contributed by atoms with E-state index >= 15 is 0 Å². The first-order valence-electron chi connectivity index (χ1n) is 8.84. The second kappa shape index (κ2) is 8.94. The number of rotatable bonds is 7. The monoisotopic (exact) mass is 471 g/mol. The summed E-state index contributed by atoms with van der Waals surface area (Å²) >= 11 is 6.83. The van der Waals surface area contributed by atoms with Crippen molar-refractivity contribution in [3.05, 3.63) is 76.1 Å². The van der Waals surface area contributed by atoms with Gasteiger partial charge in [0.25, 0.3) is 0 Å². The van der Waals surface area contributed by atoms with Crippen molar-refractivity contribution in [2.75, 3.05) is 6.61 Å². The molecule has 0 atom stereocenters. The van der Waals surface area contributed by atoms with Crippen LogP contribution in [0.15, 0.2) is 75.7 Å². The summed E-state index contributed by atoms with van der Waals surface area (Å²) in [5.41, 5.74) is 2.27. The average Bonchev–Trinajstić information content (AvgIpc) is 3.38. The smallest absolute Gasteiger partial charge is 0.196 e. The van der Waals surface area contributed by atoms with Crippen LogP contribution in [0.2, 0.25) is 0 Å². The lowest BCUT2D eigenvalue weighted by Crippen LogP contribution is -1.99. The number of thioether (sulfide) groups is 1. The molecule has 0 fully saturated rings. The van der Waals surface area contributed by atoms with Crippen LogP contribution in [0.4, 0.5) is 0 Å². The summed E-state index contributed by atoms with van der Waals surface area (Å²) in [4.78, 5) is 1.09. The standard InChI is InChI=1S/C21H18BrN3OS2/c1-2-26-18-11-9-17(10-12-18)25-20(19-4-3-13-27-19)23-24-21(25)28-14-15-5-7-16(22)8-6-15/h3-13H,2,14H2,1H3. The molecule has 0 amide bonds. The lowest BCUT2D eigenvalue weighted by Gasteiger charge is -2.11. The Kier molecular flexibility index (Phi) is 6.14. The predicted molar refractivity (Wildman–Crippen MR) is 120 cm³/mol. The Bertz CT molecular complexity index is 1030. The van der Waals surface area contributed by atoms with Gasteiger partial charge in [0.15, 0.2) is 11.0 Å². The van der Waals surface area contributed by atoms with Crippen LogP contribution in [-0.2, 0) is 5.75 Å². The molecule has 0 saturated carbocycles. The Morgan fingerprint density at radius 3 is 2.50 bits per heavy atom. The molecule has 0 radical (unpaired) electrons. The average molecular weight is 472 g/mol. The fourth-order valence-corrected chi connectivity index (χ4v) is 4.62. The fraction of sp³-hybridized carbons (Fsp3) is 0.143. The molecule has 4 nitrogen and oxygen atoms in total. The number of ether oxygens (including phenoxy) is 1. The van der Waals surface area contributed by atoms with Gasteiger partial charge in [-0.25, -0.2) is 0 Å². The van der Waals surface area contributed by atoms with Crippen LogP contribution in [0.5, 0.6) is 5.75 Å². The highest BCUT2D eigenvalue weighted by Crippen LogP contribution is 2.32. The van der Waals surface area contributed by atoms with E-state index in [1.807, 2.05) is 25.1 Å². The Morgan fingerprint density at radius 2 is 1.82 bits per heavy atom. The Morgan fingerprint density at radius 1 is 1.04 bits per heavy atom. The van der Waals surface area contributed by atoms with Gasteiger partial charge in [-0.3, -0.25) is 4.57 Å². The normalized spacial score (nSPS) is 10.9. The maximum absolute atomic E-state index is 5.58. The van der Waals surface area contributed by atoms with Crippen molar-refractivity contribution in [1.29, 1.82) is 0 Å². The van der Waals surface area contributed by atoms with Crippen molar-refractivity contribution in [3.8, 4) is 22.1 Å². The van der Waals surface area contributed by atoms with E-state index in [1.54, 1.807) is 23.1 Å². The molecule has 0 aliphatic heterocycles. The molecule has 0 unspecified atom stereocenters. The van der Waals surface area contributed by atoms with E-state index in [9.17, 15) is 0 Å². The maximum Gasteiger partial charge on any atom is 0.196 e. The largest absolute Gasteiger partial charge is 0.494 e. The Balaban J connectivity index is 1.67. The van der Waals surface area contributed by atoms with Crippen LogP contribution in [0.3, 0.4) is 0 Å². The highest BCUT2D eigenvalue weighted by molar-refractivity contribution is 9.10. The third-order valence-electron chi connectivity index (χ3n) is 4.06. The molecular formula is C21H18BrN3OS2. The molecule has 0 aliphatic rings. The first-order chi connectivity index (χ1) is 13.7. The molecule has 0 N–H and O–H groups in total. The number of thiophene rings is 1. The van der Waals surface area contributed by atoms with Gasteiger partial charge in [0.1, 0.15) is 5.75 Å². The zero-order chi connectivity index (χ0) is 19.3. The van der Waals surface area contributed by atoms with Gasteiger partial charge in [-0.15, -0.1) is 21.5 Å². The van der Waals surface area contributed by atoms with Gasteiger partial charge in [-0.2, -0.15) is 0 Å². The minimum Gasteiger partial charge on any atom is -0.494 e. The highest BCUT2D eigenvalue weighted by atomic mass is 79.9. The van der Waals surface area contributed by atoms with E-state index in [-0.39, 0.29) is 0 Å². The van der Waals surface area contributed by atoms with E-state index in [0.717, 1.165) is 37.5 Å². The van der Waals surface area contributed by atoms with E-state index in [2.05, 4.69) is 78.5 Å². The van der Waals surface area contributed by atoms with Crippen molar-refractivity contribution in [2.24, 2.45) is 0 Å². The summed E-state index contributed by atoms with van der Waals surface area (Å²) in [7, 11) is 0. The van der Waals surface area contributed by atoms with E-state index in [1.165, 1.54) is 5.56 Å². The second-order valence-corrected chi connectivity index (χ2v) is 8.77. The summed E-state index contributed by atoms with van der Waals surface area (Å²) in [5.74, 6) is 2.55. The molecule has 2 aromatic carbocycles. The molecule has 142 valence electrons. The maximum atomic E-state index is 5.58. The minimum absolute atomic E-state index is 0.653. The van der Waals surface area contributed by atoms with Crippen LogP contribution < -0.4 is 4.74 Å². The van der Waals surface area contributed by atoms with E-state index in [0.29, 0.717) is 6.61 Å². The lowest BCUT2D eigenvalue weighted by atomic mass is 10.2. The van der Waals surface area contributed by atoms with Crippen molar-refractivity contribution in [2.45, 2.75) is 17.8 Å². The number of halogens is 1. The topological polar surface area (TPSA) is 39.9 Å². The van der Waals surface area contributed by atoms with Gasteiger partial charge in [0, 0.05) is 10.2 Å². The highest BCUT2D eigenvalue weighted by Gasteiger charge is 2.17. The Hall–Kier alpha value is -2.09. The summed E-state index contributed by atoms with van der Waals surface area (Å²) < 4.78 is 8.78. The van der Waals surface area contributed by atoms with Crippen molar-refractivity contribution in [3.63, 3.8) is 0 Å². The van der Waals surface area contributed by atoms with Crippen LogP contribution in [0.25, 0.3) is 16.4 Å². The van der Waals surface area contributed by atoms with E-state index < -0.39 is 0 Å². The summed E-state index contributed by atoms with van der Waals surface area (Å²) in [6.45, 7) is 2.64. The van der Waals surface area contributed by atoms with Gasteiger partial charge < -0.3 is 4.74 Å². The van der Waals surface area contributed by atoms with Crippen molar-refractivity contribution < 1.29 is 4.74 Å². The molecule has 0 spiro atoms. The number of aromatic nitrogens is 3. The molecule has 0 bridgehead atoms. The number of hydrogen-bond donors (Lipinski definition) is 0. The molecule has 4 rings (SSSR count). The third-order valence-corrected chi connectivity index (χ3v) is 6.46. The van der Waals surface area contributed by atoms with E-state index in [4.69, 9.17) is 4.74 Å². The van der Waals surface area contributed by atoms with Crippen LogP contribution in [-0.4, -0.2) is 21.4 Å². The van der Waals surface area contributed by atoms with Crippen LogP contribution in [0.1, 0.15) is 12.5 Å². The third kappa shape index (κ3) is 4.32. The minimum atomic E-state index is 0.653.